The van der Waals surface area contributed by atoms with Crippen LogP contribution in [0.1, 0.15) is 39.1 Å². The second-order valence-corrected chi connectivity index (χ2v) is 11.9. The van der Waals surface area contributed by atoms with Crippen molar-refractivity contribution in [2.75, 3.05) is 71.3 Å². The van der Waals surface area contributed by atoms with Gasteiger partial charge in [0.25, 0.3) is 21.9 Å². The highest BCUT2D eigenvalue weighted by molar-refractivity contribution is 7.86. The van der Waals surface area contributed by atoms with Gasteiger partial charge in [-0.3, -0.25) is 33.6 Å². The number of carbonyl (C=O) groups excluding carboxylic acids is 4. The Labute approximate surface area is 265 Å². The molecule has 0 radical (unpaired) electrons. The van der Waals surface area contributed by atoms with Crippen LogP contribution in [0.3, 0.4) is 0 Å². The minimum atomic E-state index is -3.82. The van der Waals surface area contributed by atoms with Gasteiger partial charge in [-0.05, 0) is 37.6 Å². The second-order valence-electron chi connectivity index (χ2n) is 10.3. The highest BCUT2D eigenvalue weighted by Gasteiger charge is 2.45. The summed E-state index contributed by atoms with van der Waals surface area (Å²) in [5, 5.41) is 4.95. The van der Waals surface area contributed by atoms with Crippen LogP contribution in [0.15, 0.2) is 41.3 Å². The van der Waals surface area contributed by atoms with Gasteiger partial charge in [0.1, 0.15) is 11.9 Å². The van der Waals surface area contributed by atoms with Gasteiger partial charge in [0, 0.05) is 13.0 Å². The van der Waals surface area contributed by atoms with Gasteiger partial charge in [-0.15, -0.1) is 0 Å². The molecule has 0 bridgehead atoms. The summed E-state index contributed by atoms with van der Waals surface area (Å²) >= 11 is 0. The molecule has 250 valence electrons. The molecule has 2 aliphatic rings. The van der Waals surface area contributed by atoms with Crippen LogP contribution in [0.2, 0.25) is 0 Å². The van der Waals surface area contributed by atoms with Gasteiger partial charge in [-0.1, -0.05) is 17.7 Å². The van der Waals surface area contributed by atoms with Crippen LogP contribution in [0.5, 0.6) is 0 Å². The van der Waals surface area contributed by atoms with Crippen LogP contribution in [-0.4, -0.2) is 109 Å². The number of carbonyl (C=O) groups is 4. The van der Waals surface area contributed by atoms with E-state index in [0.717, 1.165) is 16.5 Å². The van der Waals surface area contributed by atoms with E-state index in [-0.39, 0.29) is 74.1 Å². The molecule has 0 saturated carbocycles. The largest absolute Gasteiger partial charge is 0.380 e. The van der Waals surface area contributed by atoms with Crippen LogP contribution in [0.25, 0.3) is 0 Å². The van der Waals surface area contributed by atoms with Gasteiger partial charge in [-0.25, -0.2) is 4.39 Å². The first-order chi connectivity index (χ1) is 22.1. The van der Waals surface area contributed by atoms with Gasteiger partial charge < -0.3 is 24.3 Å². The number of piperidine rings is 1. The summed E-state index contributed by atoms with van der Waals surface area (Å²) in [7, 11) is -3.82. The van der Waals surface area contributed by atoms with E-state index < -0.39 is 45.6 Å². The average Bonchev–Trinajstić information content (AvgIpc) is 3.25. The first kappa shape index (κ1) is 35.1. The molecule has 2 heterocycles. The molecule has 2 aliphatic heterocycles. The topological polar surface area (TPSA) is 176 Å². The maximum atomic E-state index is 14.7. The van der Waals surface area contributed by atoms with Crippen LogP contribution in [0.4, 0.5) is 10.1 Å². The molecule has 0 spiro atoms. The van der Waals surface area contributed by atoms with E-state index in [1.807, 2.05) is 6.92 Å². The van der Waals surface area contributed by atoms with Crippen molar-refractivity contribution in [3.05, 3.63) is 58.9 Å². The maximum Gasteiger partial charge on any atom is 0.297 e. The lowest BCUT2D eigenvalue weighted by Gasteiger charge is -2.27. The van der Waals surface area contributed by atoms with Crippen molar-refractivity contribution in [2.24, 2.45) is 0 Å². The number of nitrogens with one attached hydrogen (secondary N) is 2. The fourth-order valence-corrected chi connectivity index (χ4v) is 5.51. The second kappa shape index (κ2) is 16.7. The minimum absolute atomic E-state index is 0.00538. The molecule has 2 N–H and O–H groups in total. The van der Waals surface area contributed by atoms with E-state index in [2.05, 4.69) is 10.6 Å². The minimum Gasteiger partial charge on any atom is -0.380 e. The molecule has 1 atom stereocenters. The molecule has 14 nitrogen and oxygen atoms in total. The number of nitrogens with zero attached hydrogens (tertiary/aromatic N) is 1. The Kier molecular flexibility index (Phi) is 12.7. The SMILES string of the molecule is Cc1ccc(S(=O)(=O)OCCOCCOCCOCCOCCNc2cc3c(cc2F)C(=O)N(C2CCC(=O)NC2=O)C3=O)cc1. The number of fused-ring (bicyclic) bond motifs is 1. The fourth-order valence-electron chi connectivity index (χ4n) is 4.62. The molecule has 0 aliphatic carbocycles. The number of hydrogen-bond donors (Lipinski definition) is 2. The van der Waals surface area contributed by atoms with Gasteiger partial charge in [0.2, 0.25) is 11.8 Å². The lowest BCUT2D eigenvalue weighted by Crippen LogP contribution is -2.54. The zero-order valence-electron chi connectivity index (χ0n) is 25.3. The number of hydrogen-bond acceptors (Lipinski definition) is 12. The highest BCUT2D eigenvalue weighted by Crippen LogP contribution is 2.31. The van der Waals surface area contributed by atoms with E-state index in [4.69, 9.17) is 23.1 Å². The first-order valence-electron chi connectivity index (χ1n) is 14.6. The molecule has 4 amide bonds. The monoisotopic (exact) mass is 665 g/mol. The number of ether oxygens (including phenoxy) is 4. The van der Waals surface area contributed by atoms with E-state index in [0.29, 0.717) is 26.4 Å². The van der Waals surface area contributed by atoms with Gasteiger partial charge in [0.15, 0.2) is 0 Å². The zero-order chi connectivity index (χ0) is 33.1. The maximum absolute atomic E-state index is 14.7. The number of anilines is 1. The summed E-state index contributed by atoms with van der Waals surface area (Å²) in [6, 6.07) is 7.43. The number of halogens is 1. The Morgan fingerprint density at radius 3 is 1.96 bits per heavy atom. The van der Waals surface area contributed by atoms with E-state index in [1.54, 1.807) is 12.1 Å². The Morgan fingerprint density at radius 1 is 0.826 bits per heavy atom. The normalized spacial score (nSPS) is 16.6. The highest BCUT2D eigenvalue weighted by atomic mass is 32.2. The van der Waals surface area contributed by atoms with Crippen LogP contribution in [0, 0.1) is 12.7 Å². The van der Waals surface area contributed by atoms with E-state index in [1.165, 1.54) is 18.2 Å². The number of aryl methyl sites for hydroxylation is 1. The summed E-state index contributed by atoms with van der Waals surface area (Å²) in [4.78, 5) is 50.1. The first-order valence-corrected chi connectivity index (χ1v) is 16.1. The van der Waals surface area contributed by atoms with Gasteiger partial charge >= 0.3 is 0 Å². The molecule has 2 aromatic rings. The summed E-state index contributed by atoms with van der Waals surface area (Å²) in [6.45, 7) is 4.04. The lowest BCUT2D eigenvalue weighted by atomic mass is 10.0. The number of rotatable bonds is 19. The summed E-state index contributed by atoms with van der Waals surface area (Å²) < 4.78 is 65.4. The molecule has 16 heteroatoms. The number of imide groups is 2. The van der Waals surface area contributed by atoms with Gasteiger partial charge in [0.05, 0.1) is 81.2 Å². The predicted molar refractivity (Wildman–Crippen MR) is 159 cm³/mol. The third-order valence-corrected chi connectivity index (χ3v) is 8.31. The van der Waals surface area contributed by atoms with Crippen molar-refractivity contribution in [3.63, 3.8) is 0 Å². The Morgan fingerprint density at radius 2 is 1.37 bits per heavy atom. The molecule has 1 fully saturated rings. The molecule has 4 rings (SSSR count). The third kappa shape index (κ3) is 9.37. The van der Waals surface area contributed by atoms with Crippen molar-refractivity contribution in [1.29, 1.82) is 0 Å². The van der Waals surface area contributed by atoms with Crippen molar-refractivity contribution in [2.45, 2.75) is 30.7 Å². The number of amides is 4. The van der Waals surface area contributed by atoms with E-state index in [9.17, 15) is 32.0 Å². The average molecular weight is 666 g/mol. The predicted octanol–water partition coefficient (Wildman–Crippen LogP) is 1.42. The van der Waals surface area contributed by atoms with Crippen LogP contribution in [-0.2, 0) is 42.8 Å². The van der Waals surface area contributed by atoms with Crippen molar-refractivity contribution in [1.82, 2.24) is 10.2 Å². The molecule has 1 saturated heterocycles. The third-order valence-electron chi connectivity index (χ3n) is 6.98. The molecule has 2 aromatic carbocycles. The molecule has 0 aromatic heterocycles. The van der Waals surface area contributed by atoms with Crippen LogP contribution >= 0.6 is 0 Å². The zero-order valence-corrected chi connectivity index (χ0v) is 26.1. The Hall–Kier alpha value is -3.80. The Balaban J connectivity index is 1.01. The van der Waals surface area contributed by atoms with Gasteiger partial charge in [-0.2, -0.15) is 8.42 Å². The number of benzene rings is 2. The van der Waals surface area contributed by atoms with Crippen molar-refractivity contribution >= 4 is 39.4 Å². The Bertz CT molecular complexity index is 1520. The molecule has 46 heavy (non-hydrogen) atoms. The van der Waals surface area contributed by atoms with Crippen molar-refractivity contribution < 1.29 is 55.1 Å². The standard InChI is InChI=1S/C30H36FN3O11S/c1-20-2-4-21(5-3-20)46(39,40)45-17-16-44-15-14-43-13-12-42-11-10-41-9-8-32-25-19-23-22(18-24(25)31)29(37)34(30(23)38)26-6-7-27(35)33-28(26)36/h2-5,18-19,26,32H,6-17H2,1H3,(H,33,35,36). The summed E-state index contributed by atoms with van der Waals surface area (Å²) in [5.74, 6) is -3.46. The van der Waals surface area contributed by atoms with Crippen molar-refractivity contribution in [3.8, 4) is 0 Å². The lowest BCUT2D eigenvalue weighted by molar-refractivity contribution is -0.136. The fraction of sp³-hybridized carbons (Fsp3) is 0.467. The van der Waals surface area contributed by atoms with E-state index >= 15 is 0 Å². The van der Waals surface area contributed by atoms with Crippen LogP contribution < -0.4 is 10.6 Å². The smallest absolute Gasteiger partial charge is 0.297 e. The quantitative estimate of drug-likeness (QED) is 0.126. The summed E-state index contributed by atoms with van der Waals surface area (Å²) in [5.41, 5.74) is 0.786. The summed E-state index contributed by atoms with van der Waals surface area (Å²) in [6.07, 6.45) is 0.000855. The molecule has 1 unspecified atom stereocenters. The molecular weight excluding hydrogens is 629 g/mol. The molecular formula is C30H36FN3O11S.